The van der Waals surface area contributed by atoms with Gasteiger partial charge in [-0.2, -0.15) is 0 Å². The maximum absolute atomic E-state index is 10.7. The molecule has 1 aromatic rings. The number of benzene rings is 1. The molecule has 1 aliphatic heterocycles. The molecule has 1 aromatic carbocycles. The third kappa shape index (κ3) is 6.62. The number of aliphatic hydroxyl groups is 1. The predicted octanol–water partition coefficient (Wildman–Crippen LogP) is 3.60. The first-order chi connectivity index (χ1) is 11.2. The zero-order valence-corrected chi connectivity index (χ0v) is 14.9. The molecule has 2 rings (SSSR count). The Morgan fingerprint density at radius 3 is 2.43 bits per heavy atom. The van der Waals surface area contributed by atoms with E-state index in [9.17, 15) is 5.11 Å². The van der Waals surface area contributed by atoms with Gasteiger partial charge in [-0.25, -0.2) is 0 Å². The Labute approximate surface area is 142 Å². The van der Waals surface area contributed by atoms with Crippen molar-refractivity contribution in [2.24, 2.45) is 5.92 Å². The van der Waals surface area contributed by atoms with Crippen molar-refractivity contribution < 1.29 is 5.11 Å². The first-order valence-electron chi connectivity index (χ1n) is 9.35. The van der Waals surface area contributed by atoms with Crippen molar-refractivity contribution in [3.63, 3.8) is 0 Å². The van der Waals surface area contributed by atoms with E-state index in [1.54, 1.807) is 0 Å². The molecule has 0 saturated carbocycles. The van der Waals surface area contributed by atoms with Gasteiger partial charge in [0.2, 0.25) is 0 Å². The molecule has 0 bridgehead atoms. The van der Waals surface area contributed by atoms with Crippen molar-refractivity contribution in [3.8, 4) is 0 Å². The van der Waals surface area contributed by atoms with Crippen molar-refractivity contribution in [1.29, 1.82) is 0 Å². The number of aliphatic hydroxyl groups excluding tert-OH is 1. The van der Waals surface area contributed by atoms with E-state index in [0.29, 0.717) is 5.92 Å². The summed E-state index contributed by atoms with van der Waals surface area (Å²) in [6.07, 6.45) is 5.85. The Hall–Kier alpha value is -0.900. The normalized spacial score (nSPS) is 19.0. The lowest BCUT2D eigenvalue weighted by Crippen LogP contribution is -2.38. The van der Waals surface area contributed by atoms with Gasteiger partial charge in [-0.1, -0.05) is 50.6 Å². The highest BCUT2D eigenvalue weighted by Crippen LogP contribution is 2.21. The van der Waals surface area contributed by atoms with Gasteiger partial charge in [-0.05, 0) is 63.3 Å². The second kappa shape index (κ2) is 10.1. The third-order valence-corrected chi connectivity index (χ3v) is 4.75. The zero-order valence-electron chi connectivity index (χ0n) is 14.9. The molecule has 1 aliphatic rings. The molecule has 0 amide bonds. The van der Waals surface area contributed by atoms with Gasteiger partial charge in [0.1, 0.15) is 0 Å². The second-order valence-corrected chi connectivity index (χ2v) is 7.30. The largest absolute Gasteiger partial charge is 0.387 e. The van der Waals surface area contributed by atoms with Crippen LogP contribution in [0.1, 0.15) is 57.6 Å². The standard InChI is InChI=1S/C20H34N2O/c1-17(2)16-19(20(23)18-10-5-3-6-11-18)21-12-9-15-22-13-7-4-8-14-22/h3,5-6,10-11,17,19-21,23H,4,7-9,12-16H2,1-2H3/t19-,20+/m0/s1. The van der Waals surface area contributed by atoms with Crippen molar-refractivity contribution >= 4 is 0 Å². The minimum atomic E-state index is -0.423. The maximum Gasteiger partial charge on any atom is 0.0943 e. The summed E-state index contributed by atoms with van der Waals surface area (Å²) in [5, 5.41) is 14.3. The van der Waals surface area contributed by atoms with Crippen molar-refractivity contribution in [1.82, 2.24) is 10.2 Å². The van der Waals surface area contributed by atoms with Gasteiger partial charge in [0.05, 0.1) is 6.10 Å². The van der Waals surface area contributed by atoms with Crippen molar-refractivity contribution in [3.05, 3.63) is 35.9 Å². The molecular weight excluding hydrogens is 284 g/mol. The van der Waals surface area contributed by atoms with E-state index in [4.69, 9.17) is 0 Å². The summed E-state index contributed by atoms with van der Waals surface area (Å²) in [6.45, 7) is 9.14. The Morgan fingerprint density at radius 1 is 1.09 bits per heavy atom. The topological polar surface area (TPSA) is 35.5 Å². The van der Waals surface area contributed by atoms with E-state index in [1.165, 1.54) is 38.9 Å². The molecule has 3 heteroatoms. The first kappa shape index (κ1) is 18.4. The second-order valence-electron chi connectivity index (χ2n) is 7.30. The first-order valence-corrected chi connectivity index (χ1v) is 9.35. The van der Waals surface area contributed by atoms with Crippen LogP contribution in [0, 0.1) is 5.92 Å². The molecular formula is C20H34N2O. The van der Waals surface area contributed by atoms with Gasteiger partial charge < -0.3 is 15.3 Å². The van der Waals surface area contributed by atoms with Crippen LogP contribution in [0.25, 0.3) is 0 Å². The van der Waals surface area contributed by atoms with Gasteiger partial charge in [0.25, 0.3) is 0 Å². The van der Waals surface area contributed by atoms with E-state index in [0.717, 1.165) is 24.9 Å². The summed E-state index contributed by atoms with van der Waals surface area (Å²) in [4.78, 5) is 2.58. The summed E-state index contributed by atoms with van der Waals surface area (Å²) in [5.41, 5.74) is 1.02. The predicted molar refractivity (Wildman–Crippen MR) is 97.6 cm³/mol. The zero-order chi connectivity index (χ0) is 16.5. The average molecular weight is 319 g/mol. The van der Waals surface area contributed by atoms with Crippen LogP contribution in [0.15, 0.2) is 30.3 Å². The molecule has 3 nitrogen and oxygen atoms in total. The van der Waals surface area contributed by atoms with E-state index in [2.05, 4.69) is 24.1 Å². The van der Waals surface area contributed by atoms with Crippen LogP contribution < -0.4 is 5.32 Å². The number of nitrogens with zero attached hydrogens (tertiary/aromatic N) is 1. The molecule has 0 spiro atoms. The highest BCUT2D eigenvalue weighted by atomic mass is 16.3. The monoisotopic (exact) mass is 318 g/mol. The van der Waals surface area contributed by atoms with Gasteiger partial charge in [-0.15, -0.1) is 0 Å². The van der Waals surface area contributed by atoms with E-state index in [1.807, 2.05) is 30.3 Å². The number of hydrogen-bond acceptors (Lipinski definition) is 3. The molecule has 2 atom stereocenters. The molecule has 2 N–H and O–H groups in total. The van der Waals surface area contributed by atoms with E-state index in [-0.39, 0.29) is 6.04 Å². The smallest absolute Gasteiger partial charge is 0.0943 e. The third-order valence-electron chi connectivity index (χ3n) is 4.75. The average Bonchev–Trinajstić information content (AvgIpc) is 2.58. The number of rotatable bonds is 9. The summed E-state index contributed by atoms with van der Waals surface area (Å²) in [6, 6.07) is 10.2. The minimum Gasteiger partial charge on any atom is -0.387 e. The number of piperidine rings is 1. The van der Waals surface area contributed by atoms with Crippen LogP contribution in [0.4, 0.5) is 0 Å². The molecule has 0 aliphatic carbocycles. The van der Waals surface area contributed by atoms with Crippen LogP contribution in [0.5, 0.6) is 0 Å². The van der Waals surface area contributed by atoms with Gasteiger partial charge in [0.15, 0.2) is 0 Å². The van der Waals surface area contributed by atoms with Gasteiger partial charge in [-0.3, -0.25) is 0 Å². The van der Waals surface area contributed by atoms with Gasteiger partial charge in [0, 0.05) is 6.04 Å². The number of hydrogen-bond donors (Lipinski definition) is 2. The van der Waals surface area contributed by atoms with Crippen LogP contribution in [-0.4, -0.2) is 42.2 Å². The molecule has 0 aromatic heterocycles. The SMILES string of the molecule is CC(C)C[C@H](NCCCN1CCCCC1)[C@H](O)c1ccccc1. The van der Waals surface area contributed by atoms with Crippen molar-refractivity contribution in [2.75, 3.05) is 26.2 Å². The number of likely N-dealkylation sites (tertiary alicyclic amines) is 1. The molecule has 130 valence electrons. The van der Waals surface area contributed by atoms with Crippen molar-refractivity contribution in [2.45, 2.75) is 58.1 Å². The molecule has 23 heavy (non-hydrogen) atoms. The fraction of sp³-hybridized carbons (Fsp3) is 0.700. The summed E-state index contributed by atoms with van der Waals surface area (Å²) >= 11 is 0. The highest BCUT2D eigenvalue weighted by Gasteiger charge is 2.21. The number of nitrogens with one attached hydrogen (secondary N) is 1. The molecule has 1 fully saturated rings. The van der Waals surface area contributed by atoms with Crippen LogP contribution in [0.3, 0.4) is 0 Å². The van der Waals surface area contributed by atoms with E-state index >= 15 is 0 Å². The fourth-order valence-corrected chi connectivity index (χ4v) is 3.49. The minimum absolute atomic E-state index is 0.138. The molecule has 1 saturated heterocycles. The maximum atomic E-state index is 10.7. The molecule has 1 heterocycles. The van der Waals surface area contributed by atoms with Crippen LogP contribution >= 0.6 is 0 Å². The summed E-state index contributed by atoms with van der Waals surface area (Å²) in [7, 11) is 0. The summed E-state index contributed by atoms with van der Waals surface area (Å²) in [5.74, 6) is 0.577. The summed E-state index contributed by atoms with van der Waals surface area (Å²) < 4.78 is 0. The fourth-order valence-electron chi connectivity index (χ4n) is 3.49. The molecule has 0 radical (unpaired) electrons. The Bertz CT molecular complexity index is 415. The van der Waals surface area contributed by atoms with Crippen LogP contribution in [0.2, 0.25) is 0 Å². The molecule has 0 unspecified atom stereocenters. The quantitative estimate of drug-likeness (QED) is 0.683. The van der Waals surface area contributed by atoms with Gasteiger partial charge >= 0.3 is 0 Å². The Morgan fingerprint density at radius 2 is 1.78 bits per heavy atom. The lowest BCUT2D eigenvalue weighted by Gasteiger charge is -2.28. The highest BCUT2D eigenvalue weighted by molar-refractivity contribution is 5.18. The van der Waals surface area contributed by atoms with E-state index < -0.39 is 6.10 Å². The Balaban J connectivity index is 1.78. The van der Waals surface area contributed by atoms with Crippen LogP contribution in [-0.2, 0) is 0 Å². The lowest BCUT2D eigenvalue weighted by atomic mass is 9.94. The lowest BCUT2D eigenvalue weighted by molar-refractivity contribution is 0.115. The Kier molecular flexibility index (Phi) is 8.07.